The van der Waals surface area contributed by atoms with Crippen molar-refractivity contribution in [2.24, 2.45) is 0 Å². The van der Waals surface area contributed by atoms with Gasteiger partial charge in [0.05, 0.1) is 12.1 Å². The second kappa shape index (κ2) is 5.47. The highest BCUT2D eigenvalue weighted by Crippen LogP contribution is 2.18. The van der Waals surface area contributed by atoms with E-state index in [4.69, 9.17) is 4.42 Å². The molecule has 2 heterocycles. The Hall–Kier alpha value is -2.13. The van der Waals surface area contributed by atoms with E-state index in [1.54, 1.807) is 0 Å². The van der Waals surface area contributed by atoms with Crippen LogP contribution < -0.4 is 5.32 Å². The summed E-state index contributed by atoms with van der Waals surface area (Å²) >= 11 is 0. The van der Waals surface area contributed by atoms with E-state index in [-0.39, 0.29) is 0 Å². The van der Waals surface area contributed by atoms with Crippen LogP contribution in [0.2, 0.25) is 0 Å². The first-order valence-corrected chi connectivity index (χ1v) is 6.84. The Morgan fingerprint density at radius 2 is 1.90 bits per heavy atom. The molecule has 0 bridgehead atoms. The minimum absolute atomic E-state index is 0.740. The Morgan fingerprint density at radius 1 is 1.05 bits per heavy atom. The lowest BCUT2D eigenvalue weighted by atomic mass is 10.1. The molecule has 0 fully saturated rings. The van der Waals surface area contributed by atoms with E-state index in [2.05, 4.69) is 34.6 Å². The number of rotatable bonds is 4. The SMILES string of the molecule is Cc1cc(CNCc2ccc(C)o2)c2ccccc2n1. The molecular formula is C17H18N2O. The predicted molar refractivity (Wildman–Crippen MR) is 80.5 cm³/mol. The van der Waals surface area contributed by atoms with Gasteiger partial charge in [-0.05, 0) is 43.7 Å². The summed E-state index contributed by atoms with van der Waals surface area (Å²) in [5.74, 6) is 1.92. The predicted octanol–water partition coefficient (Wildman–Crippen LogP) is 3.73. The number of furan rings is 1. The van der Waals surface area contributed by atoms with Gasteiger partial charge in [0, 0.05) is 17.6 Å². The number of aromatic nitrogens is 1. The lowest BCUT2D eigenvalue weighted by Gasteiger charge is -2.08. The zero-order valence-corrected chi connectivity index (χ0v) is 11.8. The van der Waals surface area contributed by atoms with Crippen molar-refractivity contribution >= 4 is 10.9 Å². The molecule has 0 unspecified atom stereocenters. The van der Waals surface area contributed by atoms with E-state index in [1.807, 2.05) is 32.0 Å². The number of fused-ring (bicyclic) bond motifs is 1. The fourth-order valence-corrected chi connectivity index (χ4v) is 2.44. The maximum absolute atomic E-state index is 5.56. The molecule has 2 aromatic heterocycles. The molecule has 20 heavy (non-hydrogen) atoms. The van der Waals surface area contributed by atoms with Crippen LogP contribution in [0.1, 0.15) is 22.8 Å². The average Bonchev–Trinajstić information content (AvgIpc) is 2.84. The molecule has 3 rings (SSSR count). The number of pyridine rings is 1. The topological polar surface area (TPSA) is 38.1 Å². The van der Waals surface area contributed by atoms with Crippen molar-refractivity contribution in [1.82, 2.24) is 10.3 Å². The molecule has 0 saturated heterocycles. The zero-order valence-electron chi connectivity index (χ0n) is 11.8. The summed E-state index contributed by atoms with van der Waals surface area (Å²) in [5, 5.41) is 4.64. The van der Waals surface area contributed by atoms with Gasteiger partial charge in [0.25, 0.3) is 0 Å². The van der Waals surface area contributed by atoms with E-state index in [1.165, 1.54) is 10.9 Å². The molecule has 1 N–H and O–H groups in total. The van der Waals surface area contributed by atoms with Gasteiger partial charge in [-0.3, -0.25) is 4.98 Å². The van der Waals surface area contributed by atoms with Crippen LogP contribution in [0, 0.1) is 13.8 Å². The highest BCUT2D eigenvalue weighted by molar-refractivity contribution is 5.82. The third kappa shape index (κ3) is 2.73. The molecule has 3 nitrogen and oxygen atoms in total. The van der Waals surface area contributed by atoms with Crippen LogP contribution >= 0.6 is 0 Å². The van der Waals surface area contributed by atoms with Gasteiger partial charge in [0.1, 0.15) is 11.5 Å². The molecule has 0 atom stereocenters. The Labute approximate surface area is 118 Å². The number of hydrogen-bond donors (Lipinski definition) is 1. The van der Waals surface area contributed by atoms with E-state index in [0.29, 0.717) is 0 Å². The van der Waals surface area contributed by atoms with Crippen molar-refractivity contribution in [3.63, 3.8) is 0 Å². The normalized spacial score (nSPS) is 11.1. The van der Waals surface area contributed by atoms with Gasteiger partial charge in [-0.15, -0.1) is 0 Å². The lowest BCUT2D eigenvalue weighted by Crippen LogP contribution is -2.12. The van der Waals surface area contributed by atoms with Crippen molar-refractivity contribution < 1.29 is 4.42 Å². The monoisotopic (exact) mass is 266 g/mol. The van der Waals surface area contributed by atoms with Gasteiger partial charge in [0.15, 0.2) is 0 Å². The van der Waals surface area contributed by atoms with Gasteiger partial charge in [-0.2, -0.15) is 0 Å². The third-order valence-corrected chi connectivity index (χ3v) is 3.34. The summed E-state index contributed by atoms with van der Waals surface area (Å²) in [6.45, 7) is 5.54. The highest BCUT2D eigenvalue weighted by Gasteiger charge is 2.04. The molecule has 0 radical (unpaired) electrons. The number of para-hydroxylation sites is 1. The first-order chi connectivity index (χ1) is 9.72. The van der Waals surface area contributed by atoms with E-state index in [9.17, 15) is 0 Å². The van der Waals surface area contributed by atoms with Gasteiger partial charge >= 0.3 is 0 Å². The maximum atomic E-state index is 5.56. The molecule has 0 aliphatic heterocycles. The second-order valence-corrected chi connectivity index (χ2v) is 5.06. The number of aryl methyl sites for hydroxylation is 2. The molecule has 3 heteroatoms. The number of nitrogens with zero attached hydrogens (tertiary/aromatic N) is 1. The molecular weight excluding hydrogens is 248 g/mol. The van der Waals surface area contributed by atoms with Gasteiger partial charge < -0.3 is 9.73 Å². The maximum Gasteiger partial charge on any atom is 0.117 e. The standard InChI is InChI=1S/C17H18N2O/c1-12-9-14(16-5-3-4-6-17(16)19-12)10-18-11-15-8-7-13(2)20-15/h3-9,18H,10-11H2,1-2H3. The molecule has 0 spiro atoms. The fourth-order valence-electron chi connectivity index (χ4n) is 2.44. The highest BCUT2D eigenvalue weighted by atomic mass is 16.3. The minimum atomic E-state index is 0.740. The van der Waals surface area contributed by atoms with Gasteiger partial charge in [0.2, 0.25) is 0 Å². The van der Waals surface area contributed by atoms with Crippen LogP contribution in [0.4, 0.5) is 0 Å². The van der Waals surface area contributed by atoms with E-state index < -0.39 is 0 Å². The summed E-state index contributed by atoms with van der Waals surface area (Å²) in [6.07, 6.45) is 0. The summed E-state index contributed by atoms with van der Waals surface area (Å²) in [4.78, 5) is 4.56. The van der Waals surface area contributed by atoms with Crippen LogP contribution in [0.3, 0.4) is 0 Å². The Balaban J connectivity index is 1.77. The van der Waals surface area contributed by atoms with Crippen molar-refractivity contribution in [3.8, 4) is 0 Å². The van der Waals surface area contributed by atoms with Crippen LogP contribution in [0.15, 0.2) is 46.9 Å². The largest absolute Gasteiger partial charge is 0.465 e. The summed E-state index contributed by atoms with van der Waals surface area (Å²) < 4.78 is 5.56. The van der Waals surface area contributed by atoms with Crippen molar-refractivity contribution in [3.05, 3.63) is 65.2 Å². The van der Waals surface area contributed by atoms with E-state index in [0.717, 1.165) is 35.8 Å². The number of nitrogens with one attached hydrogen (secondary N) is 1. The third-order valence-electron chi connectivity index (χ3n) is 3.34. The molecule has 102 valence electrons. The molecule has 0 aliphatic rings. The first-order valence-electron chi connectivity index (χ1n) is 6.84. The molecule has 0 saturated carbocycles. The summed E-state index contributed by atoms with van der Waals surface area (Å²) in [5.41, 5.74) is 3.38. The van der Waals surface area contributed by atoms with Crippen molar-refractivity contribution in [1.29, 1.82) is 0 Å². The quantitative estimate of drug-likeness (QED) is 0.782. The Kier molecular flexibility index (Phi) is 3.52. The van der Waals surface area contributed by atoms with Crippen molar-refractivity contribution in [2.75, 3.05) is 0 Å². The zero-order chi connectivity index (χ0) is 13.9. The summed E-state index contributed by atoms with van der Waals surface area (Å²) in [7, 11) is 0. The number of benzene rings is 1. The van der Waals surface area contributed by atoms with E-state index >= 15 is 0 Å². The van der Waals surface area contributed by atoms with Crippen LogP contribution in [0.5, 0.6) is 0 Å². The van der Waals surface area contributed by atoms with Crippen molar-refractivity contribution in [2.45, 2.75) is 26.9 Å². The molecule has 0 aliphatic carbocycles. The van der Waals surface area contributed by atoms with Crippen LogP contribution in [0.25, 0.3) is 10.9 Å². The smallest absolute Gasteiger partial charge is 0.117 e. The first kappa shape index (κ1) is 12.9. The Bertz CT molecular complexity index is 731. The van der Waals surface area contributed by atoms with Crippen LogP contribution in [-0.4, -0.2) is 4.98 Å². The molecule has 1 aromatic carbocycles. The lowest BCUT2D eigenvalue weighted by molar-refractivity contribution is 0.462. The second-order valence-electron chi connectivity index (χ2n) is 5.06. The molecule has 0 amide bonds. The van der Waals surface area contributed by atoms with Gasteiger partial charge in [-0.1, -0.05) is 18.2 Å². The fraction of sp³-hybridized carbons (Fsp3) is 0.235. The number of hydrogen-bond acceptors (Lipinski definition) is 3. The van der Waals surface area contributed by atoms with Crippen LogP contribution in [-0.2, 0) is 13.1 Å². The Morgan fingerprint density at radius 3 is 2.70 bits per heavy atom. The minimum Gasteiger partial charge on any atom is -0.465 e. The average molecular weight is 266 g/mol. The molecule has 3 aromatic rings. The summed E-state index contributed by atoms with van der Waals surface area (Å²) in [6, 6.07) is 14.4. The van der Waals surface area contributed by atoms with Gasteiger partial charge in [-0.25, -0.2) is 0 Å².